The molecule has 1 atom stereocenters. The van der Waals surface area contributed by atoms with Gasteiger partial charge in [-0.1, -0.05) is 37.5 Å². The summed E-state index contributed by atoms with van der Waals surface area (Å²) in [6, 6.07) is 6.27. The summed E-state index contributed by atoms with van der Waals surface area (Å²) in [5.41, 5.74) is 3.52. The van der Waals surface area contributed by atoms with Crippen LogP contribution >= 0.6 is 0 Å². The minimum atomic E-state index is -0.386. The lowest BCUT2D eigenvalue weighted by molar-refractivity contribution is -0.0339. The third-order valence-electron chi connectivity index (χ3n) is 5.06. The highest BCUT2D eigenvalue weighted by molar-refractivity contribution is 5.36. The van der Waals surface area contributed by atoms with Crippen LogP contribution in [0.4, 0.5) is 0 Å². The maximum absolute atomic E-state index is 11.0. The number of hydrogen-bond donors (Lipinski definition) is 1. The molecule has 1 aromatic rings. The topological polar surface area (TPSA) is 23.5 Å². The number of aliphatic hydroxyl groups excluding tert-OH is 1. The second-order valence-electron chi connectivity index (χ2n) is 6.25. The summed E-state index contributed by atoms with van der Waals surface area (Å²) in [4.78, 5) is 2.25. The van der Waals surface area contributed by atoms with Crippen LogP contribution in [-0.2, 0) is 0 Å². The number of rotatable bonds is 3. The molecule has 0 aromatic heterocycles. The fourth-order valence-electron chi connectivity index (χ4n) is 3.49. The van der Waals surface area contributed by atoms with Crippen molar-refractivity contribution in [3.63, 3.8) is 0 Å². The van der Waals surface area contributed by atoms with Crippen LogP contribution in [0.15, 0.2) is 18.2 Å². The van der Waals surface area contributed by atoms with Gasteiger partial charge in [0.15, 0.2) is 0 Å². The predicted molar refractivity (Wildman–Crippen MR) is 80.4 cm³/mol. The standard InChI is InChI=1S/C17H27NO/c1-13-9-8-10-15(14(13)2)16(19)17(18(3)4)11-6-5-7-12-17/h8-10,16,19H,5-7,11-12H2,1-4H3. The SMILES string of the molecule is Cc1cccc(C(O)C2(N(C)C)CCCCC2)c1C. The Labute approximate surface area is 117 Å². The first kappa shape index (κ1) is 14.5. The number of benzene rings is 1. The zero-order chi connectivity index (χ0) is 14.0. The van der Waals surface area contributed by atoms with Crippen LogP contribution in [0.1, 0.15) is 54.9 Å². The highest BCUT2D eigenvalue weighted by Gasteiger charge is 2.42. The Kier molecular flexibility index (Phi) is 4.32. The average molecular weight is 261 g/mol. The Bertz CT molecular complexity index is 433. The van der Waals surface area contributed by atoms with Gasteiger partial charge in [-0.3, -0.25) is 0 Å². The molecule has 19 heavy (non-hydrogen) atoms. The second-order valence-corrected chi connectivity index (χ2v) is 6.25. The molecule has 0 heterocycles. The van der Waals surface area contributed by atoms with Crippen molar-refractivity contribution in [3.05, 3.63) is 34.9 Å². The molecular weight excluding hydrogens is 234 g/mol. The van der Waals surface area contributed by atoms with Gasteiger partial charge in [0.2, 0.25) is 0 Å². The van der Waals surface area contributed by atoms with Gasteiger partial charge in [0.1, 0.15) is 0 Å². The minimum Gasteiger partial charge on any atom is -0.386 e. The molecule has 106 valence electrons. The molecule has 2 rings (SSSR count). The predicted octanol–water partition coefficient (Wildman–Crippen LogP) is 3.60. The Balaban J connectivity index is 2.39. The molecule has 1 aromatic carbocycles. The van der Waals surface area contributed by atoms with E-state index in [2.05, 4.69) is 51.0 Å². The molecule has 0 aliphatic heterocycles. The van der Waals surface area contributed by atoms with Gasteiger partial charge in [-0.05, 0) is 57.5 Å². The first-order valence-corrected chi connectivity index (χ1v) is 7.40. The molecule has 0 saturated heterocycles. The quantitative estimate of drug-likeness (QED) is 0.898. The number of aliphatic hydroxyl groups is 1. The molecule has 1 fully saturated rings. The molecule has 1 aliphatic rings. The molecule has 0 amide bonds. The van der Waals surface area contributed by atoms with Crippen molar-refractivity contribution in [2.75, 3.05) is 14.1 Å². The van der Waals surface area contributed by atoms with Gasteiger partial charge in [-0.25, -0.2) is 0 Å². The molecule has 0 radical (unpaired) electrons. The van der Waals surface area contributed by atoms with Crippen molar-refractivity contribution >= 4 is 0 Å². The summed E-state index contributed by atoms with van der Waals surface area (Å²) in [6.07, 6.45) is 5.54. The van der Waals surface area contributed by atoms with E-state index < -0.39 is 0 Å². The summed E-state index contributed by atoms with van der Waals surface area (Å²) in [6.45, 7) is 4.24. The molecular formula is C17H27NO. The zero-order valence-electron chi connectivity index (χ0n) is 12.7. The van der Waals surface area contributed by atoms with Crippen LogP contribution in [0.25, 0.3) is 0 Å². The molecule has 2 nitrogen and oxygen atoms in total. The highest BCUT2D eigenvalue weighted by atomic mass is 16.3. The van der Waals surface area contributed by atoms with Gasteiger partial charge < -0.3 is 10.0 Å². The van der Waals surface area contributed by atoms with Crippen LogP contribution in [0.5, 0.6) is 0 Å². The summed E-state index contributed by atoms with van der Waals surface area (Å²) in [7, 11) is 4.22. The van der Waals surface area contributed by atoms with Gasteiger partial charge in [0, 0.05) is 0 Å². The van der Waals surface area contributed by atoms with Crippen molar-refractivity contribution in [2.45, 2.75) is 57.6 Å². The van der Waals surface area contributed by atoms with E-state index in [9.17, 15) is 5.11 Å². The molecule has 0 spiro atoms. The maximum Gasteiger partial charge on any atom is 0.0976 e. The number of nitrogens with zero attached hydrogens (tertiary/aromatic N) is 1. The molecule has 2 heteroatoms. The molecule has 1 saturated carbocycles. The summed E-state index contributed by atoms with van der Waals surface area (Å²) < 4.78 is 0. The van der Waals surface area contributed by atoms with Crippen LogP contribution in [0.2, 0.25) is 0 Å². The van der Waals surface area contributed by atoms with Crippen LogP contribution in [0.3, 0.4) is 0 Å². The van der Waals surface area contributed by atoms with Crippen molar-refractivity contribution < 1.29 is 5.11 Å². The van der Waals surface area contributed by atoms with E-state index in [4.69, 9.17) is 0 Å². The van der Waals surface area contributed by atoms with Gasteiger partial charge in [-0.2, -0.15) is 0 Å². The first-order chi connectivity index (χ1) is 8.99. The van der Waals surface area contributed by atoms with Gasteiger partial charge >= 0.3 is 0 Å². The Morgan fingerprint density at radius 1 is 1.11 bits per heavy atom. The van der Waals surface area contributed by atoms with Crippen molar-refractivity contribution in [2.24, 2.45) is 0 Å². The van der Waals surface area contributed by atoms with Crippen LogP contribution < -0.4 is 0 Å². The number of hydrogen-bond acceptors (Lipinski definition) is 2. The van der Waals surface area contributed by atoms with Crippen molar-refractivity contribution in [1.29, 1.82) is 0 Å². The Morgan fingerprint density at radius 2 is 1.74 bits per heavy atom. The third kappa shape index (κ3) is 2.56. The number of likely N-dealkylation sites (N-methyl/N-ethyl adjacent to an activating group) is 1. The summed E-state index contributed by atoms with van der Waals surface area (Å²) >= 11 is 0. The van der Waals surface area contributed by atoms with E-state index in [-0.39, 0.29) is 11.6 Å². The minimum absolute atomic E-state index is 0.0865. The van der Waals surface area contributed by atoms with Crippen molar-refractivity contribution in [3.8, 4) is 0 Å². The normalized spacial score (nSPS) is 20.5. The molecule has 1 unspecified atom stereocenters. The van der Waals surface area contributed by atoms with Crippen molar-refractivity contribution in [1.82, 2.24) is 4.90 Å². The lowest BCUT2D eigenvalue weighted by Gasteiger charge is -2.47. The fraction of sp³-hybridized carbons (Fsp3) is 0.647. The first-order valence-electron chi connectivity index (χ1n) is 7.40. The van der Waals surface area contributed by atoms with Crippen LogP contribution in [-0.4, -0.2) is 29.6 Å². The van der Waals surface area contributed by atoms with E-state index in [0.717, 1.165) is 18.4 Å². The number of aryl methyl sites for hydroxylation is 1. The summed E-state index contributed by atoms with van der Waals surface area (Å²) in [5, 5.41) is 11.0. The van der Waals surface area contributed by atoms with Gasteiger partial charge in [-0.15, -0.1) is 0 Å². The van der Waals surface area contributed by atoms with Crippen LogP contribution in [0, 0.1) is 13.8 Å². The zero-order valence-corrected chi connectivity index (χ0v) is 12.7. The monoisotopic (exact) mass is 261 g/mol. The van der Waals surface area contributed by atoms with E-state index in [1.165, 1.54) is 30.4 Å². The summed E-state index contributed by atoms with van der Waals surface area (Å²) in [5.74, 6) is 0. The lowest BCUT2D eigenvalue weighted by atomic mass is 9.73. The Hall–Kier alpha value is -0.860. The second kappa shape index (κ2) is 5.64. The smallest absolute Gasteiger partial charge is 0.0976 e. The molecule has 0 bridgehead atoms. The van der Waals surface area contributed by atoms with Gasteiger partial charge in [0.05, 0.1) is 11.6 Å². The van der Waals surface area contributed by atoms with E-state index in [0.29, 0.717) is 0 Å². The molecule has 1 N–H and O–H groups in total. The Morgan fingerprint density at radius 3 is 2.32 bits per heavy atom. The lowest BCUT2D eigenvalue weighted by Crippen LogP contribution is -2.50. The fourth-order valence-corrected chi connectivity index (χ4v) is 3.49. The van der Waals surface area contributed by atoms with E-state index >= 15 is 0 Å². The van der Waals surface area contributed by atoms with Gasteiger partial charge in [0.25, 0.3) is 0 Å². The third-order valence-corrected chi connectivity index (χ3v) is 5.06. The van der Waals surface area contributed by atoms with E-state index in [1.807, 2.05) is 0 Å². The maximum atomic E-state index is 11.0. The highest BCUT2D eigenvalue weighted by Crippen LogP contribution is 2.42. The molecule has 1 aliphatic carbocycles. The largest absolute Gasteiger partial charge is 0.386 e. The van der Waals surface area contributed by atoms with E-state index in [1.54, 1.807) is 0 Å². The average Bonchev–Trinajstić information content (AvgIpc) is 2.41.